The molecule has 2 heterocycles. The second kappa shape index (κ2) is 7.97. The fourth-order valence-corrected chi connectivity index (χ4v) is 3.90. The summed E-state index contributed by atoms with van der Waals surface area (Å²) in [4.78, 5) is 14.0. The van der Waals surface area contributed by atoms with E-state index in [9.17, 15) is 9.18 Å². The molecule has 0 fully saturated rings. The second-order valence-electron chi connectivity index (χ2n) is 6.74. The van der Waals surface area contributed by atoms with E-state index >= 15 is 0 Å². The summed E-state index contributed by atoms with van der Waals surface area (Å²) in [6.45, 7) is 3.82. The molecule has 0 aliphatic rings. The van der Waals surface area contributed by atoms with Crippen molar-refractivity contribution < 1.29 is 9.18 Å². The molecule has 5 nitrogen and oxygen atoms in total. The average Bonchev–Trinajstić information content (AvgIpc) is 3.38. The van der Waals surface area contributed by atoms with Crippen molar-refractivity contribution in [3.8, 4) is 5.69 Å². The van der Waals surface area contributed by atoms with Crippen LogP contribution in [0.3, 0.4) is 0 Å². The van der Waals surface area contributed by atoms with Crippen LogP contribution in [0.4, 0.5) is 4.39 Å². The molecule has 0 radical (unpaired) electrons. The van der Waals surface area contributed by atoms with Crippen molar-refractivity contribution in [2.45, 2.75) is 19.9 Å². The van der Waals surface area contributed by atoms with E-state index in [2.05, 4.69) is 15.6 Å². The normalized spacial score (nSPS) is 12.0. The number of hydrogen-bond acceptors (Lipinski definition) is 4. The molecule has 1 amide bonds. The molecule has 1 unspecified atom stereocenters. The summed E-state index contributed by atoms with van der Waals surface area (Å²) in [6, 6.07) is 17.4. The number of rotatable bonds is 5. The van der Waals surface area contributed by atoms with Crippen LogP contribution in [0, 0.1) is 19.7 Å². The predicted molar refractivity (Wildman–Crippen MR) is 111 cm³/mol. The van der Waals surface area contributed by atoms with Gasteiger partial charge < -0.3 is 5.32 Å². The standard InChI is InChI=1S/C22H19FN4OS/c1-14-5-11-18(12-6-14)27-15(2)20(25-26-27)22(28)24-21(19-4-3-13-29-19)16-7-9-17(23)10-8-16/h3-13,21H,1-2H3,(H,24,28). The van der Waals surface area contributed by atoms with Crippen molar-refractivity contribution in [3.05, 3.63) is 99.3 Å². The monoisotopic (exact) mass is 406 g/mol. The quantitative estimate of drug-likeness (QED) is 0.527. The van der Waals surface area contributed by atoms with Crippen molar-refractivity contribution in [2.75, 3.05) is 0 Å². The SMILES string of the molecule is Cc1ccc(-n2nnc(C(=O)NC(c3ccc(F)cc3)c3cccs3)c2C)cc1. The molecule has 0 saturated carbocycles. The number of amides is 1. The Balaban J connectivity index is 1.63. The van der Waals surface area contributed by atoms with Gasteiger partial charge in [-0.2, -0.15) is 0 Å². The third-order valence-electron chi connectivity index (χ3n) is 4.69. The molecule has 1 N–H and O–H groups in total. The maximum absolute atomic E-state index is 13.4. The molecule has 0 bridgehead atoms. The highest BCUT2D eigenvalue weighted by molar-refractivity contribution is 7.10. The Labute approximate surface area is 171 Å². The van der Waals surface area contributed by atoms with Crippen LogP contribution >= 0.6 is 11.3 Å². The summed E-state index contributed by atoms with van der Waals surface area (Å²) in [5, 5.41) is 13.2. The molecule has 4 aromatic rings. The molecular formula is C22H19FN4OS. The first-order chi connectivity index (χ1) is 14.0. The molecule has 1 atom stereocenters. The van der Waals surface area contributed by atoms with Crippen molar-refractivity contribution in [2.24, 2.45) is 0 Å². The van der Waals surface area contributed by atoms with Gasteiger partial charge in [0, 0.05) is 4.88 Å². The number of nitrogens with zero attached hydrogens (tertiary/aromatic N) is 3. The maximum atomic E-state index is 13.4. The van der Waals surface area contributed by atoms with E-state index in [4.69, 9.17) is 0 Å². The van der Waals surface area contributed by atoms with Crippen LogP contribution < -0.4 is 5.32 Å². The van der Waals surface area contributed by atoms with Gasteiger partial charge in [0.05, 0.1) is 17.4 Å². The van der Waals surface area contributed by atoms with Crippen molar-refractivity contribution in [1.82, 2.24) is 20.3 Å². The first kappa shape index (κ1) is 19.0. The van der Waals surface area contributed by atoms with Crippen LogP contribution in [-0.4, -0.2) is 20.9 Å². The minimum atomic E-state index is -0.396. The summed E-state index contributed by atoms with van der Waals surface area (Å²) in [5.74, 6) is -0.648. The number of carbonyl (C=O) groups is 1. The molecule has 4 rings (SSSR count). The molecule has 7 heteroatoms. The van der Waals surface area contributed by atoms with E-state index in [1.807, 2.05) is 55.6 Å². The van der Waals surface area contributed by atoms with Gasteiger partial charge >= 0.3 is 0 Å². The molecule has 2 aromatic carbocycles. The number of thiophene rings is 1. The number of nitrogens with one attached hydrogen (secondary N) is 1. The number of hydrogen-bond donors (Lipinski definition) is 1. The highest BCUT2D eigenvalue weighted by Gasteiger charge is 2.23. The van der Waals surface area contributed by atoms with Gasteiger partial charge in [-0.05, 0) is 55.1 Å². The predicted octanol–water partition coefficient (Wildman–Crippen LogP) is 4.60. The Morgan fingerprint density at radius 1 is 1.07 bits per heavy atom. The topological polar surface area (TPSA) is 59.8 Å². The lowest BCUT2D eigenvalue weighted by Gasteiger charge is -2.17. The number of carbonyl (C=O) groups excluding carboxylic acids is 1. The van der Waals surface area contributed by atoms with Gasteiger partial charge in [0.2, 0.25) is 0 Å². The van der Waals surface area contributed by atoms with Gasteiger partial charge in [-0.15, -0.1) is 16.4 Å². The molecule has 2 aromatic heterocycles. The van der Waals surface area contributed by atoms with E-state index < -0.39 is 6.04 Å². The molecular weight excluding hydrogens is 387 g/mol. The highest BCUT2D eigenvalue weighted by atomic mass is 32.1. The zero-order valence-electron chi connectivity index (χ0n) is 16.0. The third-order valence-corrected chi connectivity index (χ3v) is 5.63. The molecule has 0 saturated heterocycles. The number of aryl methyl sites for hydroxylation is 1. The molecule has 0 aliphatic heterocycles. The van der Waals surface area contributed by atoms with Crippen molar-refractivity contribution >= 4 is 17.2 Å². The Morgan fingerprint density at radius 2 is 1.79 bits per heavy atom. The minimum Gasteiger partial charge on any atom is -0.339 e. The van der Waals surface area contributed by atoms with Gasteiger partial charge in [0.1, 0.15) is 5.82 Å². The lowest BCUT2D eigenvalue weighted by atomic mass is 10.0. The van der Waals surface area contributed by atoms with E-state index in [1.54, 1.807) is 16.8 Å². The Morgan fingerprint density at radius 3 is 2.45 bits per heavy atom. The van der Waals surface area contributed by atoms with Crippen molar-refractivity contribution in [3.63, 3.8) is 0 Å². The van der Waals surface area contributed by atoms with Crippen LogP contribution in [0.2, 0.25) is 0 Å². The lowest BCUT2D eigenvalue weighted by Crippen LogP contribution is -2.29. The first-order valence-corrected chi connectivity index (χ1v) is 10.00. The largest absolute Gasteiger partial charge is 0.339 e. The van der Waals surface area contributed by atoms with Crippen molar-refractivity contribution in [1.29, 1.82) is 0 Å². The number of aromatic nitrogens is 3. The van der Waals surface area contributed by atoms with E-state index in [-0.39, 0.29) is 17.4 Å². The second-order valence-corrected chi connectivity index (χ2v) is 7.72. The fourth-order valence-electron chi connectivity index (χ4n) is 3.10. The molecule has 146 valence electrons. The Bertz CT molecular complexity index is 1120. The Kier molecular flexibility index (Phi) is 5.22. The molecule has 0 aliphatic carbocycles. The zero-order valence-corrected chi connectivity index (χ0v) is 16.8. The maximum Gasteiger partial charge on any atom is 0.274 e. The summed E-state index contributed by atoms with van der Waals surface area (Å²) in [5.41, 5.74) is 3.69. The van der Waals surface area contributed by atoms with Gasteiger partial charge in [-0.25, -0.2) is 9.07 Å². The van der Waals surface area contributed by atoms with Gasteiger partial charge in [-0.1, -0.05) is 41.1 Å². The third kappa shape index (κ3) is 3.95. The highest BCUT2D eigenvalue weighted by Crippen LogP contribution is 2.27. The minimum absolute atomic E-state index is 0.259. The average molecular weight is 406 g/mol. The lowest BCUT2D eigenvalue weighted by molar-refractivity contribution is 0.0937. The van der Waals surface area contributed by atoms with Gasteiger partial charge in [-0.3, -0.25) is 4.79 Å². The van der Waals surface area contributed by atoms with E-state index in [0.717, 1.165) is 21.7 Å². The molecule has 0 spiro atoms. The van der Waals surface area contributed by atoms with Gasteiger partial charge in [0.25, 0.3) is 5.91 Å². The van der Waals surface area contributed by atoms with Crippen LogP contribution in [0.5, 0.6) is 0 Å². The Hall–Kier alpha value is -3.32. The van der Waals surface area contributed by atoms with E-state index in [0.29, 0.717) is 5.69 Å². The number of halogens is 1. The summed E-state index contributed by atoms with van der Waals surface area (Å²) < 4.78 is 15.0. The van der Waals surface area contributed by atoms with Crippen LogP contribution in [0.25, 0.3) is 5.69 Å². The van der Waals surface area contributed by atoms with Crippen LogP contribution in [0.15, 0.2) is 66.0 Å². The first-order valence-electron chi connectivity index (χ1n) is 9.12. The zero-order chi connectivity index (χ0) is 20.4. The summed E-state index contributed by atoms with van der Waals surface area (Å²) in [7, 11) is 0. The molecule has 29 heavy (non-hydrogen) atoms. The summed E-state index contributed by atoms with van der Waals surface area (Å²) in [6.07, 6.45) is 0. The fraction of sp³-hybridized carbons (Fsp3) is 0.136. The summed E-state index contributed by atoms with van der Waals surface area (Å²) >= 11 is 1.53. The van der Waals surface area contributed by atoms with E-state index in [1.165, 1.54) is 23.5 Å². The number of benzene rings is 2. The smallest absolute Gasteiger partial charge is 0.274 e. The van der Waals surface area contributed by atoms with Crippen LogP contribution in [0.1, 0.15) is 38.2 Å². The van der Waals surface area contributed by atoms with Gasteiger partial charge in [0.15, 0.2) is 5.69 Å². The van der Waals surface area contributed by atoms with Crippen LogP contribution in [-0.2, 0) is 0 Å².